The summed E-state index contributed by atoms with van der Waals surface area (Å²) in [6.07, 6.45) is 3.62. The van der Waals surface area contributed by atoms with Gasteiger partial charge in [-0.15, -0.1) is 0 Å². The highest BCUT2D eigenvalue weighted by Gasteiger charge is 2.20. The van der Waals surface area contributed by atoms with Crippen LogP contribution in [0.4, 0.5) is 4.39 Å². The first kappa shape index (κ1) is 13.8. The maximum atomic E-state index is 13.3. The van der Waals surface area contributed by atoms with Crippen molar-refractivity contribution >= 4 is 5.84 Å². The molecule has 1 heterocycles. The van der Waals surface area contributed by atoms with Crippen LogP contribution in [0.3, 0.4) is 0 Å². The number of hydrogen-bond acceptors (Lipinski definition) is 3. The second kappa shape index (κ2) is 6.02. The number of hydrogen-bond donors (Lipinski definition) is 2. The quantitative estimate of drug-likeness (QED) is 0.381. The van der Waals surface area contributed by atoms with Gasteiger partial charge in [0.2, 0.25) is 0 Å². The molecule has 1 aromatic carbocycles. The third-order valence-corrected chi connectivity index (χ3v) is 3.77. The van der Waals surface area contributed by atoms with E-state index in [1.807, 2.05) is 0 Å². The van der Waals surface area contributed by atoms with Crippen LogP contribution in [0.2, 0.25) is 0 Å². The molecular weight excluding hydrogens is 245 g/mol. The Hall–Kier alpha value is -1.62. The van der Waals surface area contributed by atoms with E-state index in [1.54, 1.807) is 6.07 Å². The Morgan fingerprint density at radius 3 is 3.00 bits per heavy atom. The van der Waals surface area contributed by atoms with Gasteiger partial charge in [0, 0.05) is 18.2 Å². The van der Waals surface area contributed by atoms with Crippen molar-refractivity contribution in [2.45, 2.75) is 38.8 Å². The summed E-state index contributed by atoms with van der Waals surface area (Å²) >= 11 is 0. The number of nitrogens with two attached hydrogens (primary N) is 1. The summed E-state index contributed by atoms with van der Waals surface area (Å²) in [5, 5.41) is 11.8. The third-order valence-electron chi connectivity index (χ3n) is 3.77. The van der Waals surface area contributed by atoms with Gasteiger partial charge in [-0.05, 0) is 44.0 Å². The summed E-state index contributed by atoms with van der Waals surface area (Å²) < 4.78 is 13.3. The number of amidine groups is 1. The molecule has 0 aliphatic carbocycles. The van der Waals surface area contributed by atoms with E-state index >= 15 is 0 Å². The summed E-state index contributed by atoms with van der Waals surface area (Å²) in [6.45, 7) is 3.94. The van der Waals surface area contributed by atoms with E-state index in [-0.39, 0.29) is 11.7 Å². The molecule has 1 aromatic rings. The molecule has 19 heavy (non-hydrogen) atoms. The maximum Gasteiger partial charge on any atom is 0.170 e. The van der Waals surface area contributed by atoms with Gasteiger partial charge in [-0.3, -0.25) is 4.90 Å². The lowest BCUT2D eigenvalue weighted by Gasteiger charge is -2.33. The molecule has 5 heteroatoms. The Morgan fingerprint density at radius 2 is 2.32 bits per heavy atom. The number of oxime groups is 1. The van der Waals surface area contributed by atoms with Crippen LogP contribution in [0.5, 0.6) is 0 Å². The topological polar surface area (TPSA) is 61.8 Å². The number of piperidine rings is 1. The van der Waals surface area contributed by atoms with Gasteiger partial charge in [0.25, 0.3) is 0 Å². The van der Waals surface area contributed by atoms with Gasteiger partial charge < -0.3 is 10.9 Å². The molecule has 1 unspecified atom stereocenters. The zero-order chi connectivity index (χ0) is 13.8. The number of benzene rings is 1. The van der Waals surface area contributed by atoms with Gasteiger partial charge in [0.1, 0.15) is 5.82 Å². The van der Waals surface area contributed by atoms with Crippen LogP contribution >= 0.6 is 0 Å². The highest BCUT2D eigenvalue weighted by atomic mass is 19.1. The summed E-state index contributed by atoms with van der Waals surface area (Å²) in [5.41, 5.74) is 6.98. The average Bonchev–Trinajstić information content (AvgIpc) is 2.42. The van der Waals surface area contributed by atoms with Crippen LogP contribution in [-0.2, 0) is 6.54 Å². The van der Waals surface area contributed by atoms with Crippen molar-refractivity contribution in [3.05, 3.63) is 35.1 Å². The number of halogens is 1. The largest absolute Gasteiger partial charge is 0.409 e. The molecule has 1 aliphatic heterocycles. The van der Waals surface area contributed by atoms with Crippen LogP contribution < -0.4 is 5.73 Å². The second-order valence-electron chi connectivity index (χ2n) is 5.10. The highest BCUT2D eigenvalue weighted by Crippen LogP contribution is 2.21. The molecule has 3 N–H and O–H groups in total. The van der Waals surface area contributed by atoms with Gasteiger partial charge in [0.15, 0.2) is 5.84 Å². The van der Waals surface area contributed by atoms with Crippen LogP contribution in [-0.4, -0.2) is 28.5 Å². The van der Waals surface area contributed by atoms with Crippen molar-refractivity contribution in [3.8, 4) is 0 Å². The van der Waals surface area contributed by atoms with E-state index in [4.69, 9.17) is 10.9 Å². The molecular formula is C14H20FN3O. The molecule has 1 fully saturated rings. The standard InChI is InChI=1S/C14H20FN3O/c1-10-4-2-3-7-18(10)9-11-5-6-12(15)8-13(11)14(16)17-19/h5-6,8,10,19H,2-4,7,9H2,1H3,(H2,16,17). The van der Waals surface area contributed by atoms with Crippen molar-refractivity contribution in [1.82, 2.24) is 4.90 Å². The molecule has 0 amide bonds. The Kier molecular flexibility index (Phi) is 4.37. The summed E-state index contributed by atoms with van der Waals surface area (Å²) in [6, 6.07) is 4.96. The first-order chi connectivity index (χ1) is 9.11. The van der Waals surface area contributed by atoms with E-state index in [9.17, 15) is 4.39 Å². The fourth-order valence-corrected chi connectivity index (χ4v) is 2.59. The molecule has 1 atom stereocenters. The first-order valence-electron chi connectivity index (χ1n) is 6.62. The monoisotopic (exact) mass is 265 g/mol. The fraction of sp³-hybridized carbons (Fsp3) is 0.500. The smallest absolute Gasteiger partial charge is 0.170 e. The van der Waals surface area contributed by atoms with Gasteiger partial charge in [-0.2, -0.15) is 0 Å². The Bertz CT molecular complexity index is 476. The highest BCUT2D eigenvalue weighted by molar-refractivity contribution is 5.98. The number of likely N-dealkylation sites (tertiary alicyclic amines) is 1. The molecule has 0 radical (unpaired) electrons. The molecule has 0 aromatic heterocycles. The van der Waals surface area contributed by atoms with Crippen LogP contribution in [0.1, 0.15) is 37.3 Å². The van der Waals surface area contributed by atoms with E-state index in [1.165, 1.54) is 31.4 Å². The number of nitrogens with zero attached hydrogens (tertiary/aromatic N) is 2. The Balaban J connectivity index is 2.24. The summed E-state index contributed by atoms with van der Waals surface area (Å²) in [7, 11) is 0. The molecule has 4 nitrogen and oxygen atoms in total. The minimum absolute atomic E-state index is 0.0424. The van der Waals surface area contributed by atoms with Crippen LogP contribution in [0.25, 0.3) is 0 Å². The average molecular weight is 265 g/mol. The van der Waals surface area contributed by atoms with Crippen LogP contribution in [0.15, 0.2) is 23.4 Å². The molecule has 2 rings (SSSR count). The van der Waals surface area contributed by atoms with Crippen molar-refractivity contribution < 1.29 is 9.60 Å². The maximum absolute atomic E-state index is 13.3. The van der Waals surface area contributed by atoms with E-state index in [0.717, 1.165) is 12.1 Å². The van der Waals surface area contributed by atoms with Gasteiger partial charge in [0.05, 0.1) is 0 Å². The Morgan fingerprint density at radius 1 is 1.53 bits per heavy atom. The molecule has 0 bridgehead atoms. The minimum Gasteiger partial charge on any atom is -0.409 e. The van der Waals surface area contributed by atoms with E-state index in [2.05, 4.69) is 17.0 Å². The third kappa shape index (κ3) is 3.23. The fourth-order valence-electron chi connectivity index (χ4n) is 2.59. The summed E-state index contributed by atoms with van der Waals surface area (Å²) in [5.74, 6) is -0.420. The zero-order valence-electron chi connectivity index (χ0n) is 11.1. The molecule has 0 spiro atoms. The lowest BCUT2D eigenvalue weighted by molar-refractivity contribution is 0.152. The SMILES string of the molecule is CC1CCCCN1Cc1ccc(F)cc1/C(N)=N/O. The van der Waals surface area contributed by atoms with Crippen molar-refractivity contribution in [2.24, 2.45) is 10.9 Å². The van der Waals surface area contributed by atoms with Crippen molar-refractivity contribution in [3.63, 3.8) is 0 Å². The second-order valence-corrected chi connectivity index (χ2v) is 5.10. The molecule has 1 saturated heterocycles. The van der Waals surface area contributed by atoms with Crippen molar-refractivity contribution in [2.75, 3.05) is 6.54 Å². The zero-order valence-corrected chi connectivity index (χ0v) is 11.1. The summed E-state index contributed by atoms with van der Waals surface area (Å²) in [4.78, 5) is 2.35. The first-order valence-corrected chi connectivity index (χ1v) is 6.62. The molecule has 1 aliphatic rings. The van der Waals surface area contributed by atoms with Gasteiger partial charge in [-0.1, -0.05) is 17.6 Å². The molecule has 0 saturated carbocycles. The van der Waals surface area contributed by atoms with E-state index < -0.39 is 0 Å². The predicted molar refractivity (Wildman–Crippen MR) is 72.6 cm³/mol. The van der Waals surface area contributed by atoms with E-state index in [0.29, 0.717) is 18.2 Å². The van der Waals surface area contributed by atoms with Crippen LogP contribution in [0, 0.1) is 5.82 Å². The Labute approximate surface area is 112 Å². The van der Waals surface area contributed by atoms with Crippen molar-refractivity contribution in [1.29, 1.82) is 0 Å². The van der Waals surface area contributed by atoms with Gasteiger partial charge >= 0.3 is 0 Å². The lowest BCUT2D eigenvalue weighted by Crippen LogP contribution is -2.37. The molecule has 104 valence electrons. The minimum atomic E-state index is -0.378. The number of rotatable bonds is 3. The van der Waals surface area contributed by atoms with Gasteiger partial charge in [-0.25, -0.2) is 4.39 Å². The predicted octanol–water partition coefficient (Wildman–Crippen LogP) is 2.29. The lowest BCUT2D eigenvalue weighted by atomic mass is 10.0. The normalized spacial score (nSPS) is 21.6.